The van der Waals surface area contributed by atoms with Crippen LogP contribution in [0, 0.1) is 0 Å². The molecule has 0 saturated heterocycles. The van der Waals surface area contributed by atoms with E-state index in [2.05, 4.69) is 0 Å². The van der Waals surface area contributed by atoms with E-state index in [1.54, 1.807) is 30.4 Å². The molecule has 0 saturated carbocycles. The van der Waals surface area contributed by atoms with E-state index in [4.69, 9.17) is 4.42 Å². The summed E-state index contributed by atoms with van der Waals surface area (Å²) in [5.41, 5.74) is 1.71. The monoisotopic (exact) mass is 220 g/mol. The van der Waals surface area contributed by atoms with Gasteiger partial charge in [-0.1, -0.05) is 18.2 Å². The lowest BCUT2D eigenvalue weighted by Gasteiger charge is -2.12. The van der Waals surface area contributed by atoms with Crippen molar-refractivity contribution >= 4 is 11.8 Å². The normalized spacial score (nSPS) is 12.7. The largest absolute Gasteiger partial charge is 0.472 e. The predicted octanol–water partition coefficient (Wildman–Crippen LogP) is 3.08. The maximum absolute atomic E-state index is 10.1. The first-order valence-electron chi connectivity index (χ1n) is 4.66. The smallest absolute Gasteiger partial charge is 0.108 e. The number of thioether (sulfide) groups is 1. The van der Waals surface area contributed by atoms with Gasteiger partial charge in [-0.05, 0) is 24.0 Å². The molecule has 78 valence electrons. The van der Waals surface area contributed by atoms with Gasteiger partial charge < -0.3 is 9.52 Å². The minimum absolute atomic E-state index is 0.604. The van der Waals surface area contributed by atoms with Crippen molar-refractivity contribution in [1.29, 1.82) is 0 Å². The number of aliphatic hydroxyl groups excluding tert-OH is 1. The zero-order valence-electron chi connectivity index (χ0n) is 8.38. The lowest BCUT2D eigenvalue weighted by Crippen LogP contribution is -1.99. The van der Waals surface area contributed by atoms with Crippen LogP contribution in [0.25, 0.3) is 0 Å². The summed E-state index contributed by atoms with van der Waals surface area (Å²) in [4.78, 5) is 1.09. The molecule has 0 spiro atoms. The highest BCUT2D eigenvalue weighted by molar-refractivity contribution is 7.98. The number of hydrogen-bond acceptors (Lipinski definition) is 3. The van der Waals surface area contributed by atoms with Gasteiger partial charge in [0.2, 0.25) is 0 Å². The Labute approximate surface area is 92.9 Å². The molecule has 0 unspecified atom stereocenters. The third-order valence-electron chi connectivity index (χ3n) is 2.29. The van der Waals surface area contributed by atoms with Gasteiger partial charge in [-0.2, -0.15) is 0 Å². The van der Waals surface area contributed by atoms with Crippen LogP contribution < -0.4 is 0 Å². The second kappa shape index (κ2) is 4.55. The summed E-state index contributed by atoms with van der Waals surface area (Å²) in [6.07, 6.45) is 4.54. The molecule has 0 radical (unpaired) electrons. The molecular formula is C12H12O2S. The first-order valence-corrected chi connectivity index (χ1v) is 5.88. The van der Waals surface area contributed by atoms with Gasteiger partial charge in [-0.25, -0.2) is 0 Å². The molecule has 0 aliphatic rings. The quantitative estimate of drug-likeness (QED) is 0.807. The van der Waals surface area contributed by atoms with Crippen molar-refractivity contribution in [3.63, 3.8) is 0 Å². The number of hydrogen-bond donors (Lipinski definition) is 1. The lowest BCUT2D eigenvalue weighted by molar-refractivity contribution is 0.216. The Balaban J connectivity index is 2.37. The van der Waals surface area contributed by atoms with E-state index in [9.17, 15) is 5.11 Å². The summed E-state index contributed by atoms with van der Waals surface area (Å²) < 4.78 is 4.96. The van der Waals surface area contributed by atoms with Crippen molar-refractivity contribution in [1.82, 2.24) is 0 Å². The summed E-state index contributed by atoms with van der Waals surface area (Å²) in [5, 5.41) is 10.1. The standard InChI is InChI=1S/C12H12O2S/c1-15-11-5-3-2-4-10(11)12(13)9-6-7-14-8-9/h2-8,12-13H,1H3/t12-/m1/s1. The maximum Gasteiger partial charge on any atom is 0.108 e. The zero-order valence-corrected chi connectivity index (χ0v) is 9.20. The molecule has 0 fully saturated rings. The number of benzene rings is 1. The van der Waals surface area contributed by atoms with Crippen LogP contribution in [0.3, 0.4) is 0 Å². The van der Waals surface area contributed by atoms with E-state index >= 15 is 0 Å². The van der Waals surface area contributed by atoms with Gasteiger partial charge in [0.1, 0.15) is 6.10 Å². The van der Waals surface area contributed by atoms with E-state index in [0.717, 1.165) is 16.0 Å². The highest BCUT2D eigenvalue weighted by Crippen LogP contribution is 2.29. The molecule has 1 heterocycles. The molecule has 0 bridgehead atoms. The third kappa shape index (κ3) is 2.08. The topological polar surface area (TPSA) is 33.4 Å². The van der Waals surface area contributed by atoms with E-state index in [-0.39, 0.29) is 0 Å². The summed E-state index contributed by atoms with van der Waals surface area (Å²) >= 11 is 1.63. The van der Waals surface area contributed by atoms with E-state index < -0.39 is 6.10 Å². The van der Waals surface area contributed by atoms with E-state index in [1.807, 2.05) is 30.5 Å². The fraction of sp³-hybridized carbons (Fsp3) is 0.167. The highest BCUT2D eigenvalue weighted by atomic mass is 32.2. The summed E-state index contributed by atoms with van der Waals surface area (Å²) in [7, 11) is 0. The summed E-state index contributed by atoms with van der Waals surface area (Å²) in [6.45, 7) is 0. The first kappa shape index (κ1) is 10.3. The minimum Gasteiger partial charge on any atom is -0.472 e. The molecule has 0 aliphatic carbocycles. The summed E-state index contributed by atoms with van der Waals surface area (Å²) in [5.74, 6) is 0. The molecule has 1 aromatic carbocycles. The average molecular weight is 220 g/mol. The SMILES string of the molecule is CSc1ccccc1[C@H](O)c1ccoc1. The lowest BCUT2D eigenvalue weighted by atomic mass is 10.0. The Hall–Kier alpha value is -1.19. The molecule has 0 aliphatic heterocycles. The highest BCUT2D eigenvalue weighted by Gasteiger charge is 2.14. The molecule has 1 atom stereocenters. The Bertz CT molecular complexity index is 423. The number of aliphatic hydroxyl groups is 1. The first-order chi connectivity index (χ1) is 7.33. The molecule has 2 rings (SSSR count). The molecule has 1 aromatic heterocycles. The molecule has 2 nitrogen and oxygen atoms in total. The van der Waals surface area contributed by atoms with Gasteiger partial charge >= 0.3 is 0 Å². The fourth-order valence-corrected chi connectivity index (χ4v) is 2.13. The van der Waals surface area contributed by atoms with Gasteiger partial charge in [0.05, 0.1) is 12.5 Å². The van der Waals surface area contributed by atoms with Gasteiger partial charge in [0.15, 0.2) is 0 Å². The minimum atomic E-state index is -0.604. The molecule has 1 N–H and O–H groups in total. The average Bonchev–Trinajstić information content (AvgIpc) is 2.81. The molecular weight excluding hydrogens is 208 g/mol. The van der Waals surface area contributed by atoms with Crippen molar-refractivity contribution < 1.29 is 9.52 Å². The number of rotatable bonds is 3. The maximum atomic E-state index is 10.1. The van der Waals surface area contributed by atoms with Gasteiger partial charge in [0.25, 0.3) is 0 Å². The second-order valence-corrected chi connectivity index (χ2v) is 4.05. The molecule has 0 amide bonds. The van der Waals surface area contributed by atoms with Crippen LogP contribution in [-0.2, 0) is 0 Å². The Morgan fingerprint density at radius 2 is 2.07 bits per heavy atom. The Morgan fingerprint density at radius 3 is 2.73 bits per heavy atom. The predicted molar refractivity (Wildman–Crippen MR) is 61.0 cm³/mol. The second-order valence-electron chi connectivity index (χ2n) is 3.20. The zero-order chi connectivity index (χ0) is 10.7. The van der Waals surface area contributed by atoms with Crippen LogP contribution in [0.15, 0.2) is 52.2 Å². The van der Waals surface area contributed by atoms with Crippen LogP contribution in [0.5, 0.6) is 0 Å². The Kier molecular flexibility index (Phi) is 3.14. The van der Waals surface area contributed by atoms with Crippen molar-refractivity contribution in [2.45, 2.75) is 11.0 Å². The Morgan fingerprint density at radius 1 is 1.27 bits per heavy atom. The van der Waals surface area contributed by atoms with Crippen LogP contribution in [0.1, 0.15) is 17.2 Å². The van der Waals surface area contributed by atoms with Gasteiger partial charge in [-0.3, -0.25) is 0 Å². The third-order valence-corrected chi connectivity index (χ3v) is 3.10. The van der Waals surface area contributed by atoms with Crippen molar-refractivity contribution in [3.8, 4) is 0 Å². The molecule has 2 aromatic rings. The van der Waals surface area contributed by atoms with Crippen LogP contribution in [0.4, 0.5) is 0 Å². The van der Waals surface area contributed by atoms with E-state index in [0.29, 0.717) is 0 Å². The van der Waals surface area contributed by atoms with Crippen molar-refractivity contribution in [2.24, 2.45) is 0 Å². The van der Waals surface area contributed by atoms with Crippen LogP contribution >= 0.6 is 11.8 Å². The number of furan rings is 1. The fourth-order valence-electron chi connectivity index (χ4n) is 1.50. The van der Waals surface area contributed by atoms with Crippen molar-refractivity contribution in [2.75, 3.05) is 6.26 Å². The van der Waals surface area contributed by atoms with Crippen LogP contribution in [0.2, 0.25) is 0 Å². The van der Waals surface area contributed by atoms with Gasteiger partial charge in [0, 0.05) is 10.5 Å². The van der Waals surface area contributed by atoms with E-state index in [1.165, 1.54) is 0 Å². The van der Waals surface area contributed by atoms with Crippen molar-refractivity contribution in [3.05, 3.63) is 54.0 Å². The van der Waals surface area contributed by atoms with Gasteiger partial charge in [-0.15, -0.1) is 11.8 Å². The van der Waals surface area contributed by atoms with Crippen LogP contribution in [-0.4, -0.2) is 11.4 Å². The summed E-state index contributed by atoms with van der Waals surface area (Å²) in [6, 6.07) is 9.62. The molecule has 15 heavy (non-hydrogen) atoms. The molecule has 3 heteroatoms.